The van der Waals surface area contributed by atoms with Gasteiger partial charge in [0.15, 0.2) is 0 Å². The predicted octanol–water partition coefficient (Wildman–Crippen LogP) is 5.66. The highest BCUT2D eigenvalue weighted by molar-refractivity contribution is 9.10. The highest BCUT2D eigenvalue weighted by Crippen LogP contribution is 2.37. The van der Waals surface area contributed by atoms with Crippen LogP contribution in [0.25, 0.3) is 0 Å². The highest BCUT2D eigenvalue weighted by atomic mass is 79.9. The Labute approximate surface area is 139 Å². The van der Waals surface area contributed by atoms with Gasteiger partial charge in [-0.15, -0.1) is 0 Å². The van der Waals surface area contributed by atoms with Gasteiger partial charge in [0.1, 0.15) is 5.75 Å². The molecule has 4 nitrogen and oxygen atoms in total. The summed E-state index contributed by atoms with van der Waals surface area (Å²) in [5, 5.41) is 11.9. The van der Waals surface area contributed by atoms with Crippen LogP contribution in [0.3, 0.4) is 0 Å². The lowest BCUT2D eigenvalue weighted by Gasteiger charge is -2.11. The number of nitrogens with zero attached hydrogens (tertiary/aromatic N) is 1. The minimum absolute atomic E-state index is 0.0518. The molecule has 2 aromatic carbocycles. The van der Waals surface area contributed by atoms with Crippen LogP contribution in [0, 0.1) is 24.0 Å². The molecule has 0 fully saturated rings. The van der Waals surface area contributed by atoms with Gasteiger partial charge in [0, 0.05) is 15.9 Å². The Kier molecular flexibility index (Phi) is 5.00. The summed E-state index contributed by atoms with van der Waals surface area (Å²) in [6.45, 7) is 3.76. The molecule has 0 unspecified atom stereocenters. The van der Waals surface area contributed by atoms with Gasteiger partial charge in [-0.1, -0.05) is 37.9 Å². The average molecular weight is 415 g/mol. The van der Waals surface area contributed by atoms with Crippen LogP contribution < -0.4 is 4.74 Å². The molecule has 0 amide bonds. The van der Waals surface area contributed by atoms with E-state index in [0.717, 1.165) is 16.5 Å². The normalized spacial score (nSPS) is 10.5. The number of nitro benzene ring substituents is 1. The standard InChI is InChI=1S/C15H13Br2NO3/c1-9-6-13(4-3-11(9)8-16)21-15-10(2)5-12(17)7-14(15)18(19)20/h3-7H,8H2,1-2H3. The number of nitro groups is 1. The molecular weight excluding hydrogens is 402 g/mol. The van der Waals surface area contributed by atoms with Crippen LogP contribution in [0.1, 0.15) is 16.7 Å². The smallest absolute Gasteiger partial charge is 0.312 e. The van der Waals surface area contributed by atoms with Crippen LogP contribution in [0.5, 0.6) is 11.5 Å². The molecule has 21 heavy (non-hydrogen) atoms. The van der Waals surface area contributed by atoms with Gasteiger partial charge in [-0.25, -0.2) is 0 Å². The molecule has 2 aromatic rings. The van der Waals surface area contributed by atoms with Crippen molar-refractivity contribution in [3.8, 4) is 11.5 Å². The molecule has 0 aliphatic carbocycles. The zero-order valence-corrected chi connectivity index (χ0v) is 14.7. The van der Waals surface area contributed by atoms with Gasteiger partial charge in [-0.3, -0.25) is 10.1 Å². The molecule has 0 saturated heterocycles. The predicted molar refractivity (Wildman–Crippen MR) is 89.4 cm³/mol. The maximum atomic E-state index is 11.2. The number of hydrogen-bond donors (Lipinski definition) is 0. The van der Waals surface area contributed by atoms with E-state index < -0.39 is 4.92 Å². The summed E-state index contributed by atoms with van der Waals surface area (Å²) in [5.74, 6) is 0.861. The second kappa shape index (κ2) is 6.58. The van der Waals surface area contributed by atoms with E-state index in [0.29, 0.717) is 15.8 Å². The molecule has 0 atom stereocenters. The van der Waals surface area contributed by atoms with E-state index in [1.807, 2.05) is 25.1 Å². The van der Waals surface area contributed by atoms with E-state index in [1.165, 1.54) is 6.07 Å². The van der Waals surface area contributed by atoms with Gasteiger partial charge in [-0.05, 0) is 48.7 Å². The van der Waals surface area contributed by atoms with E-state index in [2.05, 4.69) is 31.9 Å². The Bertz CT molecular complexity index is 702. The van der Waals surface area contributed by atoms with Crippen molar-refractivity contribution >= 4 is 37.5 Å². The van der Waals surface area contributed by atoms with Crippen LogP contribution in [0.2, 0.25) is 0 Å². The van der Waals surface area contributed by atoms with Crippen LogP contribution in [0.4, 0.5) is 5.69 Å². The molecule has 0 radical (unpaired) electrons. The zero-order chi connectivity index (χ0) is 15.6. The number of hydrogen-bond acceptors (Lipinski definition) is 3. The van der Waals surface area contributed by atoms with Crippen LogP contribution in [-0.4, -0.2) is 4.92 Å². The molecule has 0 aromatic heterocycles. The van der Waals surface area contributed by atoms with Gasteiger partial charge < -0.3 is 4.74 Å². The summed E-state index contributed by atoms with van der Waals surface area (Å²) in [7, 11) is 0. The number of aryl methyl sites for hydroxylation is 2. The molecule has 110 valence electrons. The van der Waals surface area contributed by atoms with Crippen molar-refractivity contribution in [2.45, 2.75) is 19.2 Å². The molecule has 0 bridgehead atoms. The van der Waals surface area contributed by atoms with E-state index in [-0.39, 0.29) is 11.4 Å². The third-order valence-electron chi connectivity index (χ3n) is 3.09. The summed E-state index contributed by atoms with van der Waals surface area (Å²) in [4.78, 5) is 10.7. The average Bonchev–Trinajstić information content (AvgIpc) is 2.41. The fourth-order valence-corrected chi connectivity index (χ4v) is 3.17. The number of alkyl halides is 1. The summed E-state index contributed by atoms with van der Waals surface area (Å²) < 4.78 is 6.42. The minimum Gasteiger partial charge on any atom is -0.450 e. The van der Waals surface area contributed by atoms with Crippen LogP contribution >= 0.6 is 31.9 Å². The highest BCUT2D eigenvalue weighted by Gasteiger charge is 2.19. The third kappa shape index (κ3) is 3.63. The number of rotatable bonds is 4. The third-order valence-corrected chi connectivity index (χ3v) is 4.16. The Morgan fingerprint density at radius 3 is 2.48 bits per heavy atom. The quantitative estimate of drug-likeness (QED) is 0.368. The van der Waals surface area contributed by atoms with E-state index in [4.69, 9.17) is 4.74 Å². The fourth-order valence-electron chi connectivity index (χ4n) is 1.98. The molecule has 0 N–H and O–H groups in total. The van der Waals surface area contributed by atoms with Crippen LogP contribution in [-0.2, 0) is 5.33 Å². The Hall–Kier alpha value is -1.40. The van der Waals surface area contributed by atoms with Crippen molar-refractivity contribution in [1.29, 1.82) is 0 Å². The molecule has 0 heterocycles. The molecule has 2 rings (SSSR count). The van der Waals surface area contributed by atoms with Crippen molar-refractivity contribution in [3.63, 3.8) is 0 Å². The molecule has 0 spiro atoms. The first-order chi connectivity index (χ1) is 9.92. The zero-order valence-electron chi connectivity index (χ0n) is 11.5. The first-order valence-electron chi connectivity index (χ1n) is 6.20. The second-order valence-electron chi connectivity index (χ2n) is 4.65. The Morgan fingerprint density at radius 2 is 1.90 bits per heavy atom. The molecular formula is C15H13Br2NO3. The Morgan fingerprint density at radius 1 is 1.19 bits per heavy atom. The topological polar surface area (TPSA) is 52.4 Å². The van der Waals surface area contributed by atoms with Crippen molar-refractivity contribution in [1.82, 2.24) is 0 Å². The van der Waals surface area contributed by atoms with Gasteiger partial charge in [-0.2, -0.15) is 0 Å². The van der Waals surface area contributed by atoms with Gasteiger partial charge in [0.05, 0.1) is 4.92 Å². The van der Waals surface area contributed by atoms with Crippen molar-refractivity contribution in [3.05, 3.63) is 61.6 Å². The number of ether oxygens (including phenoxy) is 1. The number of halogens is 2. The number of benzene rings is 2. The monoisotopic (exact) mass is 413 g/mol. The van der Waals surface area contributed by atoms with Crippen molar-refractivity contribution < 1.29 is 9.66 Å². The maximum absolute atomic E-state index is 11.2. The van der Waals surface area contributed by atoms with E-state index in [9.17, 15) is 10.1 Å². The maximum Gasteiger partial charge on any atom is 0.312 e. The molecule has 0 saturated carbocycles. The van der Waals surface area contributed by atoms with E-state index >= 15 is 0 Å². The van der Waals surface area contributed by atoms with Gasteiger partial charge in [0.2, 0.25) is 5.75 Å². The summed E-state index contributed by atoms with van der Waals surface area (Å²) in [5.41, 5.74) is 2.88. The van der Waals surface area contributed by atoms with Crippen molar-refractivity contribution in [2.24, 2.45) is 0 Å². The lowest BCUT2D eigenvalue weighted by molar-refractivity contribution is -0.385. The van der Waals surface area contributed by atoms with Gasteiger partial charge in [0.25, 0.3) is 0 Å². The molecule has 0 aliphatic rings. The van der Waals surface area contributed by atoms with Gasteiger partial charge >= 0.3 is 5.69 Å². The lowest BCUT2D eigenvalue weighted by Crippen LogP contribution is -1.97. The van der Waals surface area contributed by atoms with Crippen LogP contribution in [0.15, 0.2) is 34.8 Å². The molecule has 6 heteroatoms. The SMILES string of the molecule is Cc1cc(Oc2c(C)cc(Br)cc2[N+](=O)[O-])ccc1CBr. The summed E-state index contributed by atoms with van der Waals surface area (Å²) in [6, 6.07) is 8.88. The first-order valence-corrected chi connectivity index (χ1v) is 8.11. The first kappa shape index (κ1) is 16.0. The molecule has 0 aliphatic heterocycles. The summed E-state index contributed by atoms with van der Waals surface area (Å²) >= 11 is 6.68. The van der Waals surface area contributed by atoms with Crippen molar-refractivity contribution in [2.75, 3.05) is 0 Å². The lowest BCUT2D eigenvalue weighted by atomic mass is 10.1. The second-order valence-corrected chi connectivity index (χ2v) is 6.13. The summed E-state index contributed by atoms with van der Waals surface area (Å²) in [6.07, 6.45) is 0. The largest absolute Gasteiger partial charge is 0.450 e. The van der Waals surface area contributed by atoms with E-state index in [1.54, 1.807) is 13.0 Å². The minimum atomic E-state index is -0.438. The fraction of sp³-hybridized carbons (Fsp3) is 0.200. The Balaban J connectivity index is 2.44.